The Bertz CT molecular complexity index is 204. The van der Waals surface area contributed by atoms with Crippen molar-refractivity contribution in [3.8, 4) is 0 Å². The minimum absolute atomic E-state index is 0.340. The van der Waals surface area contributed by atoms with Crippen molar-refractivity contribution in [3.63, 3.8) is 0 Å². The fourth-order valence-electron chi connectivity index (χ4n) is 2.13. The lowest BCUT2D eigenvalue weighted by molar-refractivity contribution is -0.129. The molecule has 3 nitrogen and oxygen atoms in total. The molecule has 1 atom stereocenters. The molecule has 0 aromatic rings. The third kappa shape index (κ3) is 2.64. The summed E-state index contributed by atoms with van der Waals surface area (Å²) in [6, 6.07) is 0. The lowest BCUT2D eigenvalue weighted by Gasteiger charge is -2.32. The second-order valence-electron chi connectivity index (χ2n) is 4.10. The van der Waals surface area contributed by atoms with E-state index in [1.54, 1.807) is 11.8 Å². The van der Waals surface area contributed by atoms with E-state index in [9.17, 15) is 4.79 Å². The average Bonchev–Trinajstić information content (AvgIpc) is 2.23. The summed E-state index contributed by atoms with van der Waals surface area (Å²) in [6.45, 7) is 4.18. The van der Waals surface area contributed by atoms with Gasteiger partial charge in [0, 0.05) is 18.8 Å². The summed E-state index contributed by atoms with van der Waals surface area (Å²) in [5.74, 6) is 2.84. The van der Waals surface area contributed by atoms with Gasteiger partial charge in [-0.3, -0.25) is 4.79 Å². The summed E-state index contributed by atoms with van der Waals surface area (Å²) < 4.78 is 0. The molecule has 0 spiro atoms. The number of rotatable bonds is 2. The van der Waals surface area contributed by atoms with E-state index in [0.717, 1.165) is 31.9 Å². The molecule has 2 heterocycles. The number of hydrogen-bond acceptors (Lipinski definition) is 3. The van der Waals surface area contributed by atoms with E-state index < -0.39 is 0 Å². The summed E-state index contributed by atoms with van der Waals surface area (Å²) in [5.41, 5.74) is 0. The molecule has 0 aromatic carbocycles. The zero-order valence-corrected chi connectivity index (χ0v) is 9.31. The van der Waals surface area contributed by atoms with Gasteiger partial charge in [-0.05, 0) is 31.8 Å². The molecule has 0 aliphatic carbocycles. The van der Waals surface area contributed by atoms with E-state index in [1.165, 1.54) is 12.8 Å². The quantitative estimate of drug-likeness (QED) is 0.729. The summed E-state index contributed by atoms with van der Waals surface area (Å²) in [4.78, 5) is 13.6. The van der Waals surface area contributed by atoms with Crippen molar-refractivity contribution >= 4 is 17.7 Å². The molecule has 0 radical (unpaired) electrons. The number of nitrogens with zero attached hydrogens (tertiary/aromatic N) is 1. The zero-order chi connectivity index (χ0) is 9.80. The summed E-state index contributed by atoms with van der Waals surface area (Å²) in [7, 11) is 0. The molecule has 2 aliphatic rings. The topological polar surface area (TPSA) is 32.3 Å². The summed E-state index contributed by atoms with van der Waals surface area (Å²) >= 11 is 1.76. The molecule has 0 bridgehead atoms. The number of nitrogens with one attached hydrogen (secondary N) is 1. The predicted octanol–water partition coefficient (Wildman–Crippen LogP) is 0.561. The van der Waals surface area contributed by atoms with E-state index in [4.69, 9.17) is 0 Å². The number of thioether (sulfide) groups is 1. The van der Waals surface area contributed by atoms with Gasteiger partial charge in [0.25, 0.3) is 0 Å². The van der Waals surface area contributed by atoms with Gasteiger partial charge in [-0.2, -0.15) is 11.8 Å². The van der Waals surface area contributed by atoms with E-state index >= 15 is 0 Å². The van der Waals surface area contributed by atoms with Crippen LogP contribution >= 0.6 is 11.8 Å². The van der Waals surface area contributed by atoms with Gasteiger partial charge in [0.2, 0.25) is 5.91 Å². The van der Waals surface area contributed by atoms with Crippen LogP contribution in [0.1, 0.15) is 12.8 Å². The maximum absolute atomic E-state index is 11.6. The monoisotopic (exact) mass is 214 g/mol. The van der Waals surface area contributed by atoms with Gasteiger partial charge in [-0.15, -0.1) is 0 Å². The largest absolute Gasteiger partial charge is 0.341 e. The molecule has 2 saturated heterocycles. The molecular formula is C10H18N2OS. The first-order valence-electron chi connectivity index (χ1n) is 5.42. The fraction of sp³-hybridized carbons (Fsp3) is 0.900. The van der Waals surface area contributed by atoms with Crippen LogP contribution in [-0.4, -0.2) is 48.5 Å². The van der Waals surface area contributed by atoms with Crippen molar-refractivity contribution in [1.29, 1.82) is 0 Å². The van der Waals surface area contributed by atoms with Crippen LogP contribution in [0.4, 0.5) is 0 Å². The van der Waals surface area contributed by atoms with Gasteiger partial charge in [-0.1, -0.05) is 0 Å². The standard InChI is InChI=1S/C10H18N2OS/c13-10-8-14-5-4-12(10)7-9-2-1-3-11-6-9/h9,11H,1-8H2. The Balaban J connectivity index is 1.79. The Morgan fingerprint density at radius 3 is 3.21 bits per heavy atom. The second kappa shape index (κ2) is 5.03. The molecule has 80 valence electrons. The van der Waals surface area contributed by atoms with E-state index in [-0.39, 0.29) is 0 Å². The summed E-state index contributed by atoms with van der Waals surface area (Å²) in [5, 5.41) is 3.40. The minimum Gasteiger partial charge on any atom is -0.341 e. The van der Waals surface area contributed by atoms with Gasteiger partial charge >= 0.3 is 0 Å². The van der Waals surface area contributed by atoms with Gasteiger partial charge in [-0.25, -0.2) is 0 Å². The van der Waals surface area contributed by atoms with Crippen LogP contribution < -0.4 is 5.32 Å². The molecule has 1 N–H and O–H groups in total. The Morgan fingerprint density at radius 2 is 2.50 bits per heavy atom. The van der Waals surface area contributed by atoms with Crippen molar-refractivity contribution in [2.45, 2.75) is 12.8 Å². The summed E-state index contributed by atoms with van der Waals surface area (Å²) in [6.07, 6.45) is 2.55. The van der Waals surface area contributed by atoms with Crippen LogP contribution in [0.2, 0.25) is 0 Å². The molecule has 2 rings (SSSR count). The first-order chi connectivity index (χ1) is 6.86. The minimum atomic E-state index is 0.340. The predicted molar refractivity (Wildman–Crippen MR) is 59.5 cm³/mol. The van der Waals surface area contributed by atoms with E-state index in [2.05, 4.69) is 5.32 Å². The zero-order valence-electron chi connectivity index (χ0n) is 8.50. The van der Waals surface area contributed by atoms with Crippen LogP contribution in [0.25, 0.3) is 0 Å². The highest BCUT2D eigenvalue weighted by molar-refractivity contribution is 8.00. The van der Waals surface area contributed by atoms with Crippen molar-refractivity contribution in [2.75, 3.05) is 37.7 Å². The molecule has 14 heavy (non-hydrogen) atoms. The first-order valence-corrected chi connectivity index (χ1v) is 6.58. The maximum Gasteiger partial charge on any atom is 0.232 e. The van der Waals surface area contributed by atoms with Gasteiger partial charge in [0.05, 0.1) is 5.75 Å². The van der Waals surface area contributed by atoms with Crippen LogP contribution in [0, 0.1) is 5.92 Å². The molecule has 0 aromatic heterocycles. The number of carbonyl (C=O) groups excluding carboxylic acids is 1. The van der Waals surface area contributed by atoms with Gasteiger partial charge < -0.3 is 10.2 Å². The molecule has 4 heteroatoms. The lowest BCUT2D eigenvalue weighted by Crippen LogP contribution is -2.44. The van der Waals surface area contributed by atoms with Crippen molar-refractivity contribution in [1.82, 2.24) is 10.2 Å². The molecule has 1 unspecified atom stereocenters. The fourth-order valence-corrected chi connectivity index (χ4v) is 2.99. The third-order valence-electron chi connectivity index (χ3n) is 2.96. The molecule has 0 saturated carbocycles. The first kappa shape index (κ1) is 10.3. The number of carbonyl (C=O) groups is 1. The van der Waals surface area contributed by atoms with Crippen LogP contribution in [-0.2, 0) is 4.79 Å². The maximum atomic E-state index is 11.6. The van der Waals surface area contributed by atoms with E-state index in [0.29, 0.717) is 17.6 Å². The number of piperidine rings is 1. The van der Waals surface area contributed by atoms with Crippen LogP contribution in [0.15, 0.2) is 0 Å². The van der Waals surface area contributed by atoms with Crippen LogP contribution in [0.3, 0.4) is 0 Å². The molecular weight excluding hydrogens is 196 g/mol. The Hall–Kier alpha value is -0.220. The Morgan fingerprint density at radius 1 is 1.57 bits per heavy atom. The molecule has 2 fully saturated rings. The van der Waals surface area contributed by atoms with Gasteiger partial charge in [0.15, 0.2) is 0 Å². The highest BCUT2D eigenvalue weighted by Crippen LogP contribution is 2.16. The van der Waals surface area contributed by atoms with E-state index in [1.807, 2.05) is 4.90 Å². The van der Waals surface area contributed by atoms with Crippen molar-refractivity contribution < 1.29 is 4.79 Å². The van der Waals surface area contributed by atoms with Gasteiger partial charge in [0.1, 0.15) is 0 Å². The normalized spacial score (nSPS) is 29.3. The lowest BCUT2D eigenvalue weighted by atomic mass is 9.99. The third-order valence-corrected chi connectivity index (χ3v) is 3.88. The highest BCUT2D eigenvalue weighted by atomic mass is 32.2. The van der Waals surface area contributed by atoms with Crippen molar-refractivity contribution in [3.05, 3.63) is 0 Å². The number of amides is 1. The van der Waals surface area contributed by atoms with Crippen LogP contribution in [0.5, 0.6) is 0 Å². The molecule has 2 aliphatic heterocycles. The smallest absolute Gasteiger partial charge is 0.232 e. The SMILES string of the molecule is O=C1CSCCN1CC1CCCNC1. The Kier molecular flexibility index (Phi) is 3.70. The second-order valence-corrected chi connectivity index (χ2v) is 5.21. The molecule has 1 amide bonds. The highest BCUT2D eigenvalue weighted by Gasteiger charge is 2.22. The van der Waals surface area contributed by atoms with Crippen molar-refractivity contribution in [2.24, 2.45) is 5.92 Å². The average molecular weight is 214 g/mol. The Labute approximate surface area is 89.6 Å². The number of hydrogen-bond donors (Lipinski definition) is 1.